The van der Waals surface area contributed by atoms with Gasteiger partial charge in [0.2, 0.25) is 0 Å². The largest absolute Gasteiger partial charge is 0.295 e. The summed E-state index contributed by atoms with van der Waals surface area (Å²) >= 11 is 0. The molecule has 1 heterocycles. The molecule has 2 unspecified atom stereocenters. The van der Waals surface area contributed by atoms with Crippen LogP contribution in [0.4, 0.5) is 0 Å². The van der Waals surface area contributed by atoms with E-state index in [1.807, 2.05) is 0 Å². The Morgan fingerprint density at radius 3 is 2.00 bits per heavy atom. The second-order valence-corrected chi connectivity index (χ2v) is 7.73. The van der Waals surface area contributed by atoms with Gasteiger partial charge in [0.25, 0.3) is 0 Å². The van der Waals surface area contributed by atoms with Crippen molar-refractivity contribution in [3.8, 4) is 0 Å². The van der Waals surface area contributed by atoms with Crippen molar-refractivity contribution in [1.82, 2.24) is 4.90 Å². The minimum Gasteiger partial charge on any atom is -0.295 e. The van der Waals surface area contributed by atoms with Crippen molar-refractivity contribution in [2.24, 2.45) is 10.8 Å². The van der Waals surface area contributed by atoms with Gasteiger partial charge in [-0.1, -0.05) is 20.8 Å². The maximum atomic E-state index is 2.75. The standard InChI is InChI=1S/C14H27N/c1-12(2,3)14-8-7-11(9-14)15(10-14)13(4,5)6/h11H,7-10H2,1-6H3. The summed E-state index contributed by atoms with van der Waals surface area (Å²) in [5, 5.41) is 0. The molecule has 15 heavy (non-hydrogen) atoms. The smallest absolute Gasteiger partial charge is 0.0128 e. The van der Waals surface area contributed by atoms with Gasteiger partial charge in [-0.2, -0.15) is 0 Å². The SMILES string of the molecule is CC(C)(C)N1CC2(C(C)(C)C)CCC1C2. The van der Waals surface area contributed by atoms with Crippen LogP contribution < -0.4 is 0 Å². The first-order valence-corrected chi connectivity index (χ1v) is 6.43. The van der Waals surface area contributed by atoms with E-state index >= 15 is 0 Å². The lowest BCUT2D eigenvalue weighted by molar-refractivity contribution is 0.0301. The average Bonchev–Trinajstić information content (AvgIpc) is 2.57. The monoisotopic (exact) mass is 209 g/mol. The molecule has 2 aliphatic rings. The lowest BCUT2D eigenvalue weighted by atomic mass is 9.66. The highest BCUT2D eigenvalue weighted by Gasteiger charge is 2.56. The Morgan fingerprint density at radius 2 is 1.67 bits per heavy atom. The number of likely N-dealkylation sites (tertiary alicyclic amines) is 1. The molecule has 1 aliphatic heterocycles. The van der Waals surface area contributed by atoms with Gasteiger partial charge in [0.15, 0.2) is 0 Å². The van der Waals surface area contributed by atoms with Gasteiger partial charge in [0, 0.05) is 18.1 Å². The third-order valence-corrected chi connectivity index (χ3v) is 4.95. The maximum Gasteiger partial charge on any atom is 0.0128 e. The van der Waals surface area contributed by atoms with Gasteiger partial charge in [-0.15, -0.1) is 0 Å². The van der Waals surface area contributed by atoms with Gasteiger partial charge < -0.3 is 0 Å². The Bertz CT molecular complexity index is 255. The molecule has 0 aromatic rings. The molecule has 0 spiro atoms. The van der Waals surface area contributed by atoms with E-state index in [4.69, 9.17) is 0 Å². The lowest BCUT2D eigenvalue weighted by Gasteiger charge is -2.46. The third-order valence-electron chi connectivity index (χ3n) is 4.95. The van der Waals surface area contributed by atoms with Gasteiger partial charge >= 0.3 is 0 Å². The highest BCUT2D eigenvalue weighted by Crippen LogP contribution is 2.58. The van der Waals surface area contributed by atoms with Crippen LogP contribution in [-0.2, 0) is 0 Å². The van der Waals surface area contributed by atoms with Crippen molar-refractivity contribution in [2.75, 3.05) is 6.54 Å². The van der Waals surface area contributed by atoms with E-state index < -0.39 is 0 Å². The molecule has 0 N–H and O–H groups in total. The average molecular weight is 209 g/mol. The number of fused-ring (bicyclic) bond motifs is 2. The van der Waals surface area contributed by atoms with Gasteiger partial charge in [-0.05, 0) is 50.9 Å². The predicted molar refractivity (Wildman–Crippen MR) is 66.0 cm³/mol. The van der Waals surface area contributed by atoms with Crippen molar-refractivity contribution in [2.45, 2.75) is 72.4 Å². The second-order valence-electron chi connectivity index (χ2n) is 7.73. The lowest BCUT2D eigenvalue weighted by Crippen LogP contribution is -2.49. The molecule has 2 atom stereocenters. The van der Waals surface area contributed by atoms with Gasteiger partial charge in [-0.25, -0.2) is 0 Å². The molecule has 0 aromatic heterocycles. The molecule has 1 aliphatic carbocycles. The zero-order valence-electron chi connectivity index (χ0n) is 11.4. The summed E-state index contributed by atoms with van der Waals surface area (Å²) in [6.45, 7) is 15.7. The van der Waals surface area contributed by atoms with Crippen LogP contribution in [0.25, 0.3) is 0 Å². The fourth-order valence-corrected chi connectivity index (χ4v) is 3.67. The Morgan fingerprint density at radius 1 is 1.07 bits per heavy atom. The fraction of sp³-hybridized carbons (Fsp3) is 1.00. The molecule has 1 saturated carbocycles. The molecule has 2 bridgehead atoms. The van der Waals surface area contributed by atoms with E-state index in [2.05, 4.69) is 46.4 Å². The topological polar surface area (TPSA) is 3.24 Å². The van der Waals surface area contributed by atoms with Crippen molar-refractivity contribution >= 4 is 0 Å². The van der Waals surface area contributed by atoms with Gasteiger partial charge in [0.05, 0.1) is 0 Å². The quantitative estimate of drug-likeness (QED) is 0.588. The highest BCUT2D eigenvalue weighted by atomic mass is 15.3. The second kappa shape index (κ2) is 3.00. The van der Waals surface area contributed by atoms with E-state index in [9.17, 15) is 0 Å². The zero-order valence-corrected chi connectivity index (χ0v) is 11.4. The van der Waals surface area contributed by atoms with Crippen LogP contribution in [-0.4, -0.2) is 23.0 Å². The minimum atomic E-state index is 0.359. The van der Waals surface area contributed by atoms with E-state index in [0.29, 0.717) is 16.4 Å². The Hall–Kier alpha value is -0.0400. The molecule has 0 aromatic carbocycles. The summed E-state index contributed by atoms with van der Waals surface area (Å²) in [5.41, 5.74) is 1.44. The van der Waals surface area contributed by atoms with Gasteiger partial charge in [0.1, 0.15) is 0 Å². The highest BCUT2D eigenvalue weighted by molar-refractivity contribution is 5.09. The molecule has 1 heteroatoms. The maximum absolute atomic E-state index is 2.75. The zero-order chi connectivity index (χ0) is 11.5. The van der Waals surface area contributed by atoms with E-state index in [1.54, 1.807) is 0 Å². The molecule has 0 radical (unpaired) electrons. The first kappa shape index (κ1) is 11.4. The molecule has 1 saturated heterocycles. The van der Waals surface area contributed by atoms with Crippen LogP contribution in [0, 0.1) is 10.8 Å². The predicted octanol–water partition coefficient (Wildman–Crippen LogP) is 3.69. The van der Waals surface area contributed by atoms with E-state index in [-0.39, 0.29) is 0 Å². The summed E-state index contributed by atoms with van der Waals surface area (Å²) in [4.78, 5) is 2.75. The molecule has 2 rings (SSSR count). The fourth-order valence-electron chi connectivity index (χ4n) is 3.67. The molecule has 2 fully saturated rings. The third kappa shape index (κ3) is 1.63. The van der Waals surface area contributed by atoms with Crippen LogP contribution in [0.1, 0.15) is 60.8 Å². The summed E-state index contributed by atoms with van der Waals surface area (Å²) in [7, 11) is 0. The van der Waals surface area contributed by atoms with Crippen LogP contribution in [0.2, 0.25) is 0 Å². The molecule has 0 amide bonds. The Labute approximate surface area is 95.2 Å². The van der Waals surface area contributed by atoms with Crippen LogP contribution in [0.15, 0.2) is 0 Å². The molecule has 1 nitrogen and oxygen atoms in total. The number of hydrogen-bond acceptors (Lipinski definition) is 1. The first-order chi connectivity index (χ1) is 6.66. The van der Waals surface area contributed by atoms with Crippen molar-refractivity contribution in [3.63, 3.8) is 0 Å². The summed E-state index contributed by atoms with van der Waals surface area (Å²) in [5.74, 6) is 0. The van der Waals surface area contributed by atoms with Gasteiger partial charge in [-0.3, -0.25) is 4.90 Å². The van der Waals surface area contributed by atoms with Crippen molar-refractivity contribution in [3.05, 3.63) is 0 Å². The summed E-state index contributed by atoms with van der Waals surface area (Å²) in [6.07, 6.45) is 4.32. The summed E-state index contributed by atoms with van der Waals surface area (Å²) in [6, 6.07) is 0.865. The Kier molecular flexibility index (Phi) is 2.29. The van der Waals surface area contributed by atoms with Crippen molar-refractivity contribution < 1.29 is 0 Å². The van der Waals surface area contributed by atoms with E-state index in [0.717, 1.165) is 6.04 Å². The first-order valence-electron chi connectivity index (χ1n) is 6.43. The normalized spacial score (nSPS) is 37.6. The van der Waals surface area contributed by atoms with Crippen LogP contribution in [0.5, 0.6) is 0 Å². The molecular weight excluding hydrogens is 182 g/mol. The Balaban J connectivity index is 2.23. The van der Waals surface area contributed by atoms with Crippen LogP contribution >= 0.6 is 0 Å². The van der Waals surface area contributed by atoms with Crippen molar-refractivity contribution in [1.29, 1.82) is 0 Å². The summed E-state index contributed by atoms with van der Waals surface area (Å²) < 4.78 is 0. The molecule has 88 valence electrons. The number of piperidine rings is 1. The molecular formula is C14H27N. The number of rotatable bonds is 0. The number of hydrogen-bond donors (Lipinski definition) is 0. The number of nitrogens with zero attached hydrogens (tertiary/aromatic N) is 1. The van der Waals surface area contributed by atoms with Crippen LogP contribution in [0.3, 0.4) is 0 Å². The minimum absolute atomic E-state index is 0.359. The van der Waals surface area contributed by atoms with E-state index in [1.165, 1.54) is 25.8 Å².